The number of hydrogen-bond acceptors (Lipinski definition) is 3. The van der Waals surface area contributed by atoms with Gasteiger partial charge in [-0.15, -0.1) is 0 Å². The predicted molar refractivity (Wildman–Crippen MR) is 79.2 cm³/mol. The Labute approximate surface area is 125 Å². The normalized spacial score (nSPS) is 22.1. The second-order valence-electron chi connectivity index (χ2n) is 4.87. The molecule has 0 aliphatic heterocycles. The van der Waals surface area contributed by atoms with E-state index in [4.69, 9.17) is 0 Å². The molecule has 0 saturated heterocycles. The van der Waals surface area contributed by atoms with Crippen LogP contribution in [0.1, 0.15) is 25.7 Å². The number of para-hydroxylation sites is 1. The Morgan fingerprint density at radius 2 is 1.85 bits per heavy atom. The van der Waals surface area contributed by atoms with E-state index < -0.39 is 17.9 Å². The van der Waals surface area contributed by atoms with E-state index in [9.17, 15) is 14.7 Å². The molecule has 1 aliphatic rings. The molecule has 3 N–H and O–H groups in total. The van der Waals surface area contributed by atoms with Gasteiger partial charge in [0.1, 0.15) is 0 Å². The van der Waals surface area contributed by atoms with E-state index in [2.05, 4.69) is 26.6 Å². The zero-order valence-electron chi connectivity index (χ0n) is 10.9. The highest BCUT2D eigenvalue weighted by Gasteiger charge is 2.26. The van der Waals surface area contributed by atoms with Gasteiger partial charge in [-0.05, 0) is 40.9 Å². The summed E-state index contributed by atoms with van der Waals surface area (Å²) < 4.78 is 0.707. The molecule has 0 bridgehead atoms. The van der Waals surface area contributed by atoms with Crippen molar-refractivity contribution in [3.05, 3.63) is 28.7 Å². The number of anilines is 1. The minimum absolute atomic E-state index is 0.332. The van der Waals surface area contributed by atoms with Crippen LogP contribution < -0.4 is 10.6 Å². The van der Waals surface area contributed by atoms with E-state index in [0.717, 1.165) is 12.8 Å². The fourth-order valence-electron chi connectivity index (χ4n) is 2.26. The van der Waals surface area contributed by atoms with E-state index in [0.29, 0.717) is 23.0 Å². The van der Waals surface area contributed by atoms with Crippen LogP contribution in [0.4, 0.5) is 5.69 Å². The number of amides is 2. The van der Waals surface area contributed by atoms with Crippen molar-refractivity contribution in [1.82, 2.24) is 5.32 Å². The quantitative estimate of drug-likeness (QED) is 0.718. The van der Waals surface area contributed by atoms with Crippen LogP contribution in [-0.2, 0) is 9.59 Å². The smallest absolute Gasteiger partial charge is 0.313 e. The highest BCUT2D eigenvalue weighted by atomic mass is 79.9. The average molecular weight is 341 g/mol. The average Bonchev–Trinajstić information content (AvgIpc) is 2.43. The van der Waals surface area contributed by atoms with Gasteiger partial charge in [0.2, 0.25) is 0 Å². The molecule has 20 heavy (non-hydrogen) atoms. The molecule has 0 heterocycles. The van der Waals surface area contributed by atoms with E-state index in [1.54, 1.807) is 18.2 Å². The highest BCUT2D eigenvalue weighted by Crippen LogP contribution is 2.21. The number of carbonyl (C=O) groups is 2. The van der Waals surface area contributed by atoms with Crippen molar-refractivity contribution < 1.29 is 14.7 Å². The molecule has 0 aromatic heterocycles. The molecule has 2 unspecified atom stereocenters. The largest absolute Gasteiger partial charge is 0.391 e. The molecule has 0 radical (unpaired) electrons. The van der Waals surface area contributed by atoms with Crippen LogP contribution in [0.25, 0.3) is 0 Å². The number of hydrogen-bond donors (Lipinski definition) is 3. The summed E-state index contributed by atoms with van der Waals surface area (Å²) in [5.74, 6) is -1.44. The van der Waals surface area contributed by atoms with Crippen molar-refractivity contribution in [3.63, 3.8) is 0 Å². The molecule has 0 spiro atoms. The lowest BCUT2D eigenvalue weighted by atomic mass is 9.92. The summed E-state index contributed by atoms with van der Waals surface area (Å²) in [6.45, 7) is 0. The van der Waals surface area contributed by atoms with Crippen LogP contribution in [0.5, 0.6) is 0 Å². The van der Waals surface area contributed by atoms with Gasteiger partial charge in [-0.3, -0.25) is 9.59 Å². The van der Waals surface area contributed by atoms with Crippen molar-refractivity contribution in [3.8, 4) is 0 Å². The first-order chi connectivity index (χ1) is 9.58. The summed E-state index contributed by atoms with van der Waals surface area (Å²) in [6.07, 6.45) is 2.71. The van der Waals surface area contributed by atoms with Crippen molar-refractivity contribution >= 4 is 33.4 Å². The lowest BCUT2D eigenvalue weighted by Gasteiger charge is -2.28. The monoisotopic (exact) mass is 340 g/mol. The number of halogens is 1. The maximum absolute atomic E-state index is 11.8. The predicted octanol–water partition coefficient (Wildman–Crippen LogP) is 1.81. The summed E-state index contributed by atoms with van der Waals surface area (Å²) >= 11 is 3.30. The Morgan fingerprint density at radius 1 is 1.15 bits per heavy atom. The number of aliphatic hydroxyl groups excluding tert-OH is 1. The Kier molecular flexibility index (Phi) is 5.14. The molecule has 1 fully saturated rings. The van der Waals surface area contributed by atoms with Gasteiger partial charge in [-0.25, -0.2) is 0 Å². The Hall–Kier alpha value is -1.40. The lowest BCUT2D eigenvalue weighted by molar-refractivity contribution is -0.137. The first-order valence-corrected chi connectivity index (χ1v) is 7.41. The fraction of sp³-hybridized carbons (Fsp3) is 0.429. The van der Waals surface area contributed by atoms with Gasteiger partial charge < -0.3 is 15.7 Å². The molecule has 2 atom stereocenters. The standard InChI is InChI=1S/C14H17BrN2O3/c15-9-5-1-2-6-10(9)16-13(19)14(20)17-11-7-3-4-8-12(11)18/h1-2,5-6,11-12,18H,3-4,7-8H2,(H,16,19)(H,17,20). The van der Waals surface area contributed by atoms with Crippen LogP contribution in [0.15, 0.2) is 28.7 Å². The number of benzene rings is 1. The van der Waals surface area contributed by atoms with Crippen molar-refractivity contribution in [1.29, 1.82) is 0 Å². The van der Waals surface area contributed by atoms with Crippen LogP contribution in [0.2, 0.25) is 0 Å². The Bertz CT molecular complexity index is 507. The number of rotatable bonds is 2. The minimum Gasteiger partial charge on any atom is -0.391 e. The van der Waals surface area contributed by atoms with Crippen molar-refractivity contribution in [2.75, 3.05) is 5.32 Å². The molecule has 108 valence electrons. The maximum atomic E-state index is 11.8. The lowest BCUT2D eigenvalue weighted by Crippen LogP contribution is -2.48. The summed E-state index contributed by atoms with van der Waals surface area (Å²) in [5, 5.41) is 14.9. The zero-order valence-corrected chi connectivity index (χ0v) is 12.5. The van der Waals surface area contributed by atoms with E-state index in [-0.39, 0.29) is 6.04 Å². The zero-order chi connectivity index (χ0) is 14.5. The van der Waals surface area contributed by atoms with Crippen LogP contribution in [0, 0.1) is 0 Å². The molecule has 2 amide bonds. The van der Waals surface area contributed by atoms with Gasteiger partial charge in [0.25, 0.3) is 0 Å². The van der Waals surface area contributed by atoms with Gasteiger partial charge in [0.15, 0.2) is 0 Å². The topological polar surface area (TPSA) is 78.4 Å². The Balaban J connectivity index is 1.92. The van der Waals surface area contributed by atoms with Crippen molar-refractivity contribution in [2.45, 2.75) is 37.8 Å². The van der Waals surface area contributed by atoms with Gasteiger partial charge in [0, 0.05) is 4.47 Å². The van der Waals surface area contributed by atoms with Gasteiger partial charge in [0.05, 0.1) is 17.8 Å². The third kappa shape index (κ3) is 3.80. The van der Waals surface area contributed by atoms with Crippen LogP contribution in [-0.4, -0.2) is 29.1 Å². The molecular weight excluding hydrogens is 324 g/mol. The second kappa shape index (κ2) is 6.85. The van der Waals surface area contributed by atoms with Crippen LogP contribution >= 0.6 is 15.9 Å². The van der Waals surface area contributed by atoms with E-state index >= 15 is 0 Å². The maximum Gasteiger partial charge on any atom is 0.313 e. The molecule has 1 aromatic rings. The van der Waals surface area contributed by atoms with E-state index in [1.165, 1.54) is 0 Å². The molecule has 1 saturated carbocycles. The summed E-state index contributed by atoms with van der Waals surface area (Å²) in [5.41, 5.74) is 0.539. The first kappa shape index (κ1) is 15.0. The van der Waals surface area contributed by atoms with Gasteiger partial charge >= 0.3 is 11.8 Å². The molecule has 1 aliphatic carbocycles. The molecule has 2 rings (SSSR count). The third-order valence-corrected chi connectivity index (χ3v) is 4.07. The number of carbonyl (C=O) groups excluding carboxylic acids is 2. The molecular formula is C14H17BrN2O3. The molecule has 6 heteroatoms. The second-order valence-corrected chi connectivity index (χ2v) is 5.72. The van der Waals surface area contributed by atoms with Crippen molar-refractivity contribution in [2.24, 2.45) is 0 Å². The number of aliphatic hydroxyl groups is 1. The first-order valence-electron chi connectivity index (χ1n) is 6.62. The molecule has 1 aromatic carbocycles. The van der Waals surface area contributed by atoms with Crippen LogP contribution in [0.3, 0.4) is 0 Å². The Morgan fingerprint density at radius 3 is 2.55 bits per heavy atom. The summed E-state index contributed by atoms with van der Waals surface area (Å²) in [4.78, 5) is 23.6. The van der Waals surface area contributed by atoms with Gasteiger partial charge in [-0.2, -0.15) is 0 Å². The fourth-order valence-corrected chi connectivity index (χ4v) is 2.64. The minimum atomic E-state index is -0.727. The number of nitrogens with one attached hydrogen (secondary N) is 2. The SMILES string of the molecule is O=C(Nc1ccccc1Br)C(=O)NC1CCCCC1O. The van der Waals surface area contributed by atoms with Gasteiger partial charge in [-0.1, -0.05) is 25.0 Å². The summed E-state index contributed by atoms with van der Waals surface area (Å²) in [7, 11) is 0. The summed E-state index contributed by atoms with van der Waals surface area (Å²) in [6, 6.07) is 6.73. The molecule has 5 nitrogen and oxygen atoms in total. The highest BCUT2D eigenvalue weighted by molar-refractivity contribution is 9.10. The third-order valence-electron chi connectivity index (χ3n) is 3.37. The van der Waals surface area contributed by atoms with E-state index in [1.807, 2.05) is 6.07 Å².